The first-order valence-corrected chi connectivity index (χ1v) is 5.46. The van der Waals surface area contributed by atoms with Gasteiger partial charge in [0.2, 0.25) is 0 Å². The average Bonchev–Trinajstić information content (AvgIpc) is 2.66. The molecule has 0 aliphatic rings. The number of benzene rings is 1. The lowest BCUT2D eigenvalue weighted by Crippen LogP contribution is -1.88. The van der Waals surface area contributed by atoms with E-state index in [1.54, 1.807) is 18.0 Å². The van der Waals surface area contributed by atoms with Crippen molar-refractivity contribution in [3.63, 3.8) is 0 Å². The molecule has 2 rings (SSSR count). The van der Waals surface area contributed by atoms with Gasteiger partial charge in [-0.25, -0.2) is 4.98 Å². The number of hydrogen-bond donors (Lipinski definition) is 1. The topological polar surface area (TPSA) is 38.0 Å². The van der Waals surface area contributed by atoms with Gasteiger partial charge in [-0.15, -0.1) is 0 Å². The fourth-order valence-corrected chi connectivity index (χ4v) is 2.02. The second kappa shape index (κ2) is 4.51. The van der Waals surface area contributed by atoms with Crippen molar-refractivity contribution >= 4 is 11.8 Å². The third-order valence-corrected chi connectivity index (χ3v) is 3.18. The first kappa shape index (κ1) is 10.3. The molecule has 2 aromatic rings. The van der Waals surface area contributed by atoms with Crippen molar-refractivity contribution < 1.29 is 5.11 Å². The number of rotatable bonds is 3. The lowest BCUT2D eigenvalue weighted by Gasteiger charge is -2.02. The van der Waals surface area contributed by atoms with Crippen LogP contribution in [0.15, 0.2) is 46.7 Å². The summed E-state index contributed by atoms with van der Waals surface area (Å²) in [5, 5.41) is 9.87. The molecular weight excluding hydrogens is 208 g/mol. The third kappa shape index (κ3) is 2.40. The first-order valence-electron chi connectivity index (χ1n) is 4.64. The molecule has 0 aliphatic carbocycles. The van der Waals surface area contributed by atoms with E-state index in [1.165, 1.54) is 0 Å². The molecule has 0 fully saturated rings. The Morgan fingerprint density at radius 3 is 2.60 bits per heavy atom. The summed E-state index contributed by atoms with van der Waals surface area (Å²) in [6, 6.07) is 7.83. The minimum absolute atomic E-state index is 0.0906. The molecule has 0 saturated carbocycles. The molecule has 3 nitrogen and oxygen atoms in total. The van der Waals surface area contributed by atoms with Gasteiger partial charge in [0.25, 0.3) is 0 Å². The molecular formula is C11H12N2OS. The number of aliphatic hydroxyl groups excluding tert-OH is 1. The molecule has 0 radical (unpaired) electrons. The highest BCUT2D eigenvalue weighted by molar-refractivity contribution is 7.99. The van der Waals surface area contributed by atoms with Crippen LogP contribution in [0.5, 0.6) is 0 Å². The Labute approximate surface area is 92.8 Å². The summed E-state index contributed by atoms with van der Waals surface area (Å²) < 4.78 is 1.98. The monoisotopic (exact) mass is 220 g/mol. The fraction of sp³-hybridized carbons (Fsp3) is 0.182. The predicted molar refractivity (Wildman–Crippen MR) is 59.7 cm³/mol. The van der Waals surface area contributed by atoms with Gasteiger partial charge in [-0.3, -0.25) is 0 Å². The standard InChI is InChI=1S/C11H12N2OS/c1-13-7-6-12-11(13)15-10-4-2-9(8-14)3-5-10/h2-7,14H,8H2,1H3. The Bertz CT molecular complexity index is 436. The fourth-order valence-electron chi connectivity index (χ4n) is 1.22. The molecule has 0 unspecified atom stereocenters. The van der Waals surface area contributed by atoms with Gasteiger partial charge >= 0.3 is 0 Å². The highest BCUT2D eigenvalue weighted by atomic mass is 32.2. The number of aliphatic hydroxyl groups is 1. The molecule has 0 aliphatic heterocycles. The van der Waals surface area contributed by atoms with Gasteiger partial charge in [0, 0.05) is 24.3 Å². The van der Waals surface area contributed by atoms with Gasteiger partial charge in [0.05, 0.1) is 6.61 Å². The van der Waals surface area contributed by atoms with Crippen LogP contribution in [0.3, 0.4) is 0 Å². The SMILES string of the molecule is Cn1ccnc1Sc1ccc(CO)cc1. The van der Waals surface area contributed by atoms with Crippen LogP contribution in [0.1, 0.15) is 5.56 Å². The van der Waals surface area contributed by atoms with Gasteiger partial charge in [0.15, 0.2) is 5.16 Å². The largest absolute Gasteiger partial charge is 0.392 e. The van der Waals surface area contributed by atoms with Crippen LogP contribution in [0, 0.1) is 0 Å². The van der Waals surface area contributed by atoms with E-state index in [9.17, 15) is 0 Å². The normalized spacial score (nSPS) is 10.5. The zero-order valence-electron chi connectivity index (χ0n) is 8.42. The van der Waals surface area contributed by atoms with Crippen molar-refractivity contribution in [2.75, 3.05) is 0 Å². The molecule has 0 bridgehead atoms. The molecule has 0 spiro atoms. The van der Waals surface area contributed by atoms with Crippen LogP contribution >= 0.6 is 11.8 Å². The van der Waals surface area contributed by atoms with E-state index >= 15 is 0 Å². The Balaban J connectivity index is 2.14. The van der Waals surface area contributed by atoms with Crippen molar-refractivity contribution in [3.05, 3.63) is 42.2 Å². The number of hydrogen-bond acceptors (Lipinski definition) is 3. The van der Waals surface area contributed by atoms with Gasteiger partial charge in [0.1, 0.15) is 0 Å². The summed E-state index contributed by atoms with van der Waals surface area (Å²) in [5.74, 6) is 0. The van der Waals surface area contributed by atoms with E-state index in [0.29, 0.717) is 0 Å². The zero-order chi connectivity index (χ0) is 10.7. The predicted octanol–water partition coefficient (Wildman–Crippen LogP) is 2.06. The van der Waals surface area contributed by atoms with E-state index < -0.39 is 0 Å². The molecule has 1 aromatic heterocycles. The summed E-state index contributed by atoms with van der Waals surface area (Å²) >= 11 is 1.61. The second-order valence-corrected chi connectivity index (χ2v) is 4.27. The van der Waals surface area contributed by atoms with Crippen molar-refractivity contribution in [2.24, 2.45) is 7.05 Å². The van der Waals surface area contributed by atoms with E-state index in [2.05, 4.69) is 4.98 Å². The molecule has 0 saturated heterocycles. The molecule has 0 amide bonds. The summed E-state index contributed by atoms with van der Waals surface area (Å²) in [4.78, 5) is 5.36. The highest BCUT2D eigenvalue weighted by Crippen LogP contribution is 2.25. The van der Waals surface area contributed by atoms with Crippen LogP contribution in [0.2, 0.25) is 0 Å². The van der Waals surface area contributed by atoms with Gasteiger partial charge in [-0.05, 0) is 17.7 Å². The van der Waals surface area contributed by atoms with Crippen molar-refractivity contribution in [1.29, 1.82) is 0 Å². The lowest BCUT2D eigenvalue weighted by molar-refractivity contribution is 0.282. The van der Waals surface area contributed by atoms with Crippen LogP contribution in [0.25, 0.3) is 0 Å². The molecule has 78 valence electrons. The molecule has 15 heavy (non-hydrogen) atoms. The van der Waals surface area contributed by atoms with Gasteiger partial charge in [-0.2, -0.15) is 0 Å². The maximum absolute atomic E-state index is 8.91. The molecule has 4 heteroatoms. The Morgan fingerprint density at radius 1 is 1.33 bits per heavy atom. The average molecular weight is 220 g/mol. The second-order valence-electron chi connectivity index (χ2n) is 3.22. The Morgan fingerprint density at radius 2 is 2.07 bits per heavy atom. The smallest absolute Gasteiger partial charge is 0.172 e. The summed E-state index contributed by atoms with van der Waals surface area (Å²) in [7, 11) is 1.97. The number of aryl methyl sites for hydroxylation is 1. The zero-order valence-corrected chi connectivity index (χ0v) is 9.24. The van der Waals surface area contributed by atoms with Crippen molar-refractivity contribution in [3.8, 4) is 0 Å². The minimum atomic E-state index is 0.0906. The highest BCUT2D eigenvalue weighted by Gasteiger charge is 2.01. The van der Waals surface area contributed by atoms with Gasteiger partial charge in [-0.1, -0.05) is 23.9 Å². The molecule has 1 N–H and O–H groups in total. The van der Waals surface area contributed by atoms with Crippen molar-refractivity contribution in [2.45, 2.75) is 16.7 Å². The number of nitrogens with zero attached hydrogens (tertiary/aromatic N) is 2. The third-order valence-electron chi connectivity index (χ3n) is 2.09. The van der Waals surface area contributed by atoms with E-state index in [1.807, 2.05) is 42.1 Å². The summed E-state index contributed by atoms with van der Waals surface area (Å²) in [6.45, 7) is 0.0906. The van der Waals surface area contributed by atoms with E-state index in [0.717, 1.165) is 15.6 Å². The quantitative estimate of drug-likeness (QED) is 0.860. The Kier molecular flexibility index (Phi) is 3.08. The lowest BCUT2D eigenvalue weighted by atomic mass is 10.2. The van der Waals surface area contributed by atoms with Crippen LogP contribution < -0.4 is 0 Å². The Hall–Kier alpha value is -1.26. The van der Waals surface area contributed by atoms with Crippen molar-refractivity contribution in [1.82, 2.24) is 9.55 Å². The van der Waals surface area contributed by atoms with E-state index in [-0.39, 0.29) is 6.61 Å². The van der Waals surface area contributed by atoms with Crippen LogP contribution in [0.4, 0.5) is 0 Å². The maximum atomic E-state index is 8.91. The van der Waals surface area contributed by atoms with Crippen LogP contribution in [-0.2, 0) is 13.7 Å². The maximum Gasteiger partial charge on any atom is 0.172 e. The summed E-state index contributed by atoms with van der Waals surface area (Å²) in [5.41, 5.74) is 0.930. The number of imidazole rings is 1. The first-order chi connectivity index (χ1) is 7.29. The minimum Gasteiger partial charge on any atom is -0.392 e. The number of aromatic nitrogens is 2. The molecule has 1 aromatic carbocycles. The van der Waals surface area contributed by atoms with Gasteiger partial charge < -0.3 is 9.67 Å². The van der Waals surface area contributed by atoms with E-state index in [4.69, 9.17) is 5.11 Å². The van der Waals surface area contributed by atoms with Crippen LogP contribution in [-0.4, -0.2) is 14.7 Å². The summed E-state index contributed by atoms with van der Waals surface area (Å²) in [6.07, 6.45) is 3.70. The molecule has 0 atom stereocenters. The molecule has 1 heterocycles.